The second-order valence-electron chi connectivity index (χ2n) is 4.55. The smallest absolute Gasteiger partial charge is 0.231 e. The molecule has 0 radical (unpaired) electrons. The molecule has 1 N–H and O–H groups in total. The standard InChI is InChI=1S/C12H14ClF2NO/c1-7-4-9(15)10(5-8(7)14)16-11(17)12(2,3)6-13/h4-5H,6H2,1-3H3,(H,16,17). The molecule has 1 aromatic rings. The minimum absolute atomic E-state index is 0.0921. The molecule has 0 aliphatic rings. The zero-order chi connectivity index (χ0) is 13.2. The molecule has 0 bridgehead atoms. The number of amides is 1. The highest BCUT2D eigenvalue weighted by molar-refractivity contribution is 6.20. The van der Waals surface area contributed by atoms with Gasteiger partial charge in [-0.15, -0.1) is 11.6 Å². The predicted octanol–water partition coefficient (Wildman–Crippen LogP) is 3.48. The molecule has 94 valence electrons. The topological polar surface area (TPSA) is 29.1 Å². The zero-order valence-corrected chi connectivity index (χ0v) is 10.7. The number of aryl methyl sites for hydroxylation is 1. The summed E-state index contributed by atoms with van der Waals surface area (Å²) in [5.41, 5.74) is -0.816. The van der Waals surface area contributed by atoms with Crippen LogP contribution in [0.2, 0.25) is 0 Å². The quantitative estimate of drug-likeness (QED) is 0.830. The number of carbonyl (C=O) groups excluding carboxylic acids is 1. The summed E-state index contributed by atoms with van der Waals surface area (Å²) < 4.78 is 26.7. The largest absolute Gasteiger partial charge is 0.323 e. The van der Waals surface area contributed by atoms with E-state index in [1.165, 1.54) is 6.92 Å². The van der Waals surface area contributed by atoms with Crippen molar-refractivity contribution in [3.8, 4) is 0 Å². The first-order valence-electron chi connectivity index (χ1n) is 5.11. The highest BCUT2D eigenvalue weighted by atomic mass is 35.5. The van der Waals surface area contributed by atoms with Crippen molar-refractivity contribution in [2.75, 3.05) is 11.2 Å². The monoisotopic (exact) mass is 261 g/mol. The zero-order valence-electron chi connectivity index (χ0n) is 9.90. The van der Waals surface area contributed by atoms with Crippen LogP contribution in [-0.2, 0) is 4.79 Å². The first kappa shape index (κ1) is 13.9. The average molecular weight is 262 g/mol. The Balaban J connectivity index is 2.97. The van der Waals surface area contributed by atoms with Gasteiger partial charge in [0.1, 0.15) is 11.6 Å². The van der Waals surface area contributed by atoms with Crippen LogP contribution in [0.5, 0.6) is 0 Å². The number of alkyl halides is 1. The van der Waals surface area contributed by atoms with Gasteiger partial charge in [0.05, 0.1) is 11.1 Å². The van der Waals surface area contributed by atoms with Crippen LogP contribution in [0.15, 0.2) is 12.1 Å². The molecule has 0 saturated carbocycles. The van der Waals surface area contributed by atoms with Gasteiger partial charge in [-0.3, -0.25) is 4.79 Å². The summed E-state index contributed by atoms with van der Waals surface area (Å²) in [7, 11) is 0. The van der Waals surface area contributed by atoms with Crippen molar-refractivity contribution < 1.29 is 13.6 Å². The second-order valence-corrected chi connectivity index (χ2v) is 4.82. The molecule has 0 atom stereocenters. The lowest BCUT2D eigenvalue weighted by molar-refractivity contribution is -0.123. The van der Waals surface area contributed by atoms with Crippen LogP contribution in [0.1, 0.15) is 19.4 Å². The van der Waals surface area contributed by atoms with Crippen molar-refractivity contribution in [2.45, 2.75) is 20.8 Å². The fraction of sp³-hybridized carbons (Fsp3) is 0.417. The second kappa shape index (κ2) is 5.00. The van der Waals surface area contributed by atoms with Gasteiger partial charge in [0.2, 0.25) is 5.91 Å². The SMILES string of the molecule is Cc1cc(F)c(NC(=O)C(C)(C)CCl)cc1F. The molecule has 0 saturated heterocycles. The van der Waals surface area contributed by atoms with Gasteiger partial charge in [0, 0.05) is 11.9 Å². The van der Waals surface area contributed by atoms with Crippen molar-refractivity contribution in [2.24, 2.45) is 5.41 Å². The lowest BCUT2D eigenvalue weighted by atomic mass is 9.95. The maximum Gasteiger partial charge on any atom is 0.231 e. The van der Waals surface area contributed by atoms with Gasteiger partial charge in [0.15, 0.2) is 0 Å². The Hall–Kier alpha value is -1.16. The molecule has 0 aliphatic carbocycles. The summed E-state index contributed by atoms with van der Waals surface area (Å²) >= 11 is 5.62. The molecule has 1 amide bonds. The lowest BCUT2D eigenvalue weighted by Crippen LogP contribution is -2.32. The van der Waals surface area contributed by atoms with Crippen molar-refractivity contribution in [3.05, 3.63) is 29.3 Å². The number of carbonyl (C=O) groups is 1. The number of benzene rings is 1. The summed E-state index contributed by atoms with van der Waals surface area (Å²) in [6.07, 6.45) is 0. The van der Waals surface area contributed by atoms with Gasteiger partial charge < -0.3 is 5.32 Å². The van der Waals surface area contributed by atoms with Crippen LogP contribution >= 0.6 is 11.6 Å². The van der Waals surface area contributed by atoms with E-state index in [0.717, 1.165) is 12.1 Å². The predicted molar refractivity (Wildman–Crippen MR) is 64.2 cm³/mol. The molecule has 1 rings (SSSR count). The Kier molecular flexibility index (Phi) is 4.09. The molecular formula is C12H14ClF2NO. The van der Waals surface area contributed by atoms with Crippen molar-refractivity contribution >= 4 is 23.2 Å². The summed E-state index contributed by atoms with van der Waals surface area (Å²) in [5.74, 6) is -1.59. The van der Waals surface area contributed by atoms with Crippen molar-refractivity contribution in [1.29, 1.82) is 0 Å². The van der Waals surface area contributed by atoms with Crippen LogP contribution in [0, 0.1) is 24.0 Å². The summed E-state index contributed by atoms with van der Waals surface area (Å²) in [6.45, 7) is 4.70. The van der Waals surface area contributed by atoms with E-state index in [0.29, 0.717) is 0 Å². The Morgan fingerprint density at radius 2 is 1.94 bits per heavy atom. The molecule has 0 aliphatic heterocycles. The van der Waals surface area contributed by atoms with Gasteiger partial charge in [-0.25, -0.2) is 8.78 Å². The van der Waals surface area contributed by atoms with E-state index in [9.17, 15) is 13.6 Å². The maximum absolute atomic E-state index is 13.5. The van der Waals surface area contributed by atoms with E-state index < -0.39 is 23.0 Å². The molecule has 0 unspecified atom stereocenters. The molecule has 5 heteroatoms. The maximum atomic E-state index is 13.5. The van der Waals surface area contributed by atoms with Crippen molar-refractivity contribution in [1.82, 2.24) is 0 Å². The number of hydrogen-bond donors (Lipinski definition) is 1. The van der Waals surface area contributed by atoms with Crippen LogP contribution in [0.3, 0.4) is 0 Å². The van der Waals surface area contributed by atoms with Gasteiger partial charge in [-0.05, 0) is 32.4 Å². The number of halogens is 3. The highest BCUT2D eigenvalue weighted by Crippen LogP contribution is 2.23. The number of hydrogen-bond acceptors (Lipinski definition) is 1. The van der Waals surface area contributed by atoms with E-state index in [2.05, 4.69) is 5.32 Å². The molecule has 0 fully saturated rings. The summed E-state index contributed by atoms with van der Waals surface area (Å²) in [5, 5.41) is 2.33. The summed E-state index contributed by atoms with van der Waals surface area (Å²) in [4.78, 5) is 11.7. The van der Waals surface area contributed by atoms with E-state index >= 15 is 0 Å². The first-order chi connectivity index (χ1) is 7.77. The molecule has 2 nitrogen and oxygen atoms in total. The third kappa shape index (κ3) is 3.16. The summed E-state index contributed by atoms with van der Waals surface area (Å²) in [6, 6.07) is 2.01. The lowest BCUT2D eigenvalue weighted by Gasteiger charge is -2.20. The number of rotatable bonds is 3. The van der Waals surface area contributed by atoms with Gasteiger partial charge in [-0.1, -0.05) is 0 Å². The molecule has 0 spiro atoms. The molecule has 0 heterocycles. The number of anilines is 1. The highest BCUT2D eigenvalue weighted by Gasteiger charge is 2.27. The van der Waals surface area contributed by atoms with Gasteiger partial charge >= 0.3 is 0 Å². The molecule has 17 heavy (non-hydrogen) atoms. The third-order valence-electron chi connectivity index (χ3n) is 2.45. The van der Waals surface area contributed by atoms with E-state index in [1.54, 1.807) is 13.8 Å². The van der Waals surface area contributed by atoms with Crippen LogP contribution in [-0.4, -0.2) is 11.8 Å². The fourth-order valence-corrected chi connectivity index (χ4v) is 1.22. The third-order valence-corrected chi connectivity index (χ3v) is 3.11. The van der Waals surface area contributed by atoms with E-state index in [4.69, 9.17) is 11.6 Å². The average Bonchev–Trinajstić information content (AvgIpc) is 2.25. The molecular weight excluding hydrogens is 248 g/mol. The molecule has 0 aromatic heterocycles. The fourth-order valence-electron chi connectivity index (χ4n) is 1.09. The Labute approximate surface area is 104 Å². The van der Waals surface area contributed by atoms with Gasteiger partial charge in [-0.2, -0.15) is 0 Å². The first-order valence-corrected chi connectivity index (χ1v) is 5.64. The minimum atomic E-state index is -0.838. The van der Waals surface area contributed by atoms with Crippen LogP contribution in [0.25, 0.3) is 0 Å². The van der Waals surface area contributed by atoms with Gasteiger partial charge in [0.25, 0.3) is 0 Å². The normalized spacial score (nSPS) is 11.4. The van der Waals surface area contributed by atoms with Crippen LogP contribution in [0.4, 0.5) is 14.5 Å². The minimum Gasteiger partial charge on any atom is -0.323 e. The Morgan fingerprint density at radius 1 is 1.35 bits per heavy atom. The number of nitrogens with one attached hydrogen (secondary N) is 1. The van der Waals surface area contributed by atoms with E-state index in [1.807, 2.05) is 0 Å². The Morgan fingerprint density at radius 3 is 2.47 bits per heavy atom. The Bertz CT molecular complexity index is 446. The molecule has 1 aromatic carbocycles. The van der Waals surface area contributed by atoms with Crippen molar-refractivity contribution in [3.63, 3.8) is 0 Å². The van der Waals surface area contributed by atoms with Crippen LogP contribution < -0.4 is 5.32 Å². The van der Waals surface area contributed by atoms with E-state index in [-0.39, 0.29) is 17.1 Å².